The van der Waals surface area contributed by atoms with Gasteiger partial charge in [0.25, 0.3) is 0 Å². The molecule has 1 aromatic rings. The molecule has 1 aromatic carbocycles. The number of nitrogens with zero attached hydrogens (tertiary/aromatic N) is 1. The van der Waals surface area contributed by atoms with Gasteiger partial charge in [-0.15, -0.1) is 11.8 Å². The van der Waals surface area contributed by atoms with Crippen LogP contribution < -0.4 is 9.47 Å². The van der Waals surface area contributed by atoms with Crippen LogP contribution in [0.15, 0.2) is 24.3 Å². The summed E-state index contributed by atoms with van der Waals surface area (Å²) in [4.78, 5) is 34.3. The molecule has 1 fully saturated rings. The molecule has 1 aliphatic heterocycles. The Balaban J connectivity index is 2.31. The minimum Gasteiger partial charge on any atom is -0.493 e. The highest BCUT2D eigenvalue weighted by Crippen LogP contribution is 2.45. The van der Waals surface area contributed by atoms with E-state index in [0.717, 1.165) is 11.9 Å². The van der Waals surface area contributed by atoms with Crippen LogP contribution in [0, 0.1) is 0 Å². The molecule has 0 amide bonds. The van der Waals surface area contributed by atoms with E-state index in [1.54, 1.807) is 24.3 Å². The lowest BCUT2D eigenvalue weighted by Crippen LogP contribution is -2.53. The molecular formula is C16H19NO6S2. The maximum atomic E-state index is 12.4. The molecule has 0 bridgehead atoms. The summed E-state index contributed by atoms with van der Waals surface area (Å²) in [6.45, 7) is 2.60. The van der Waals surface area contributed by atoms with Crippen molar-refractivity contribution in [2.24, 2.45) is 0 Å². The largest absolute Gasteiger partial charge is 0.493 e. The molecule has 2 atom stereocenters. The lowest BCUT2D eigenvalue weighted by Gasteiger charge is -2.34. The third-order valence-corrected chi connectivity index (χ3v) is 6.37. The van der Waals surface area contributed by atoms with Gasteiger partial charge in [-0.05, 0) is 31.0 Å². The molecule has 1 heterocycles. The molecular weight excluding hydrogens is 366 g/mol. The SMILES string of the molecule is COc1ccccc1OCC1(C(C)=O)SCC(C(=O)O)N1SC(C)=O. The van der Waals surface area contributed by atoms with E-state index in [1.165, 1.54) is 37.0 Å². The van der Waals surface area contributed by atoms with Crippen LogP contribution in [0.5, 0.6) is 11.5 Å². The summed E-state index contributed by atoms with van der Waals surface area (Å²) in [5, 5.41) is 9.13. The molecule has 1 aliphatic rings. The Morgan fingerprint density at radius 2 is 1.96 bits per heavy atom. The standard InChI is InChI=1S/C16H19NO6S2/c1-10(18)16(9-23-14-7-5-4-6-13(14)22-3)17(25-11(2)19)12(8-24-16)15(20)21/h4-7,12H,8-9H2,1-3H3,(H,20,21). The van der Waals surface area contributed by atoms with E-state index in [4.69, 9.17) is 9.47 Å². The maximum Gasteiger partial charge on any atom is 0.322 e. The van der Waals surface area contributed by atoms with E-state index < -0.39 is 16.9 Å². The minimum atomic E-state index is -1.26. The van der Waals surface area contributed by atoms with Crippen molar-refractivity contribution in [2.75, 3.05) is 19.5 Å². The highest BCUT2D eigenvalue weighted by atomic mass is 32.2. The first kappa shape index (κ1) is 19.6. The van der Waals surface area contributed by atoms with Crippen molar-refractivity contribution in [3.63, 3.8) is 0 Å². The van der Waals surface area contributed by atoms with Crippen molar-refractivity contribution >= 4 is 40.6 Å². The predicted octanol–water partition coefficient (Wildman–Crippen LogP) is 2.06. The van der Waals surface area contributed by atoms with Crippen LogP contribution in [0.1, 0.15) is 13.8 Å². The monoisotopic (exact) mass is 385 g/mol. The Morgan fingerprint density at radius 3 is 2.48 bits per heavy atom. The average molecular weight is 385 g/mol. The van der Waals surface area contributed by atoms with E-state index in [-0.39, 0.29) is 23.3 Å². The lowest BCUT2D eigenvalue weighted by atomic mass is 10.2. The molecule has 9 heteroatoms. The normalized spacial score (nSPS) is 23.2. The smallest absolute Gasteiger partial charge is 0.322 e. The highest BCUT2D eigenvalue weighted by Gasteiger charge is 2.55. The van der Waals surface area contributed by atoms with Crippen molar-refractivity contribution in [1.29, 1.82) is 0 Å². The Hall–Kier alpha value is -1.71. The van der Waals surface area contributed by atoms with Crippen LogP contribution in [0.3, 0.4) is 0 Å². The number of ether oxygens (including phenoxy) is 2. The molecule has 2 rings (SSSR count). The lowest BCUT2D eigenvalue weighted by molar-refractivity contribution is -0.141. The number of ketones is 1. The van der Waals surface area contributed by atoms with Crippen LogP contribution in [-0.4, -0.2) is 56.7 Å². The van der Waals surface area contributed by atoms with Gasteiger partial charge in [-0.25, -0.2) is 4.31 Å². The number of Topliss-reactive ketones (excluding diaryl/α,β-unsaturated/α-hetero) is 1. The molecule has 1 saturated heterocycles. The fraction of sp³-hybridized carbons (Fsp3) is 0.438. The number of carbonyl (C=O) groups is 3. The summed E-state index contributed by atoms with van der Waals surface area (Å²) in [6, 6.07) is 6.02. The molecule has 0 aliphatic carbocycles. The summed E-state index contributed by atoms with van der Waals surface area (Å²) >= 11 is 1.91. The Bertz CT molecular complexity index is 682. The Labute approximate surface area is 154 Å². The third kappa shape index (κ3) is 4.10. The van der Waals surface area contributed by atoms with Gasteiger partial charge in [0.05, 0.1) is 7.11 Å². The van der Waals surface area contributed by atoms with E-state index in [2.05, 4.69) is 0 Å². The minimum absolute atomic E-state index is 0.0998. The van der Waals surface area contributed by atoms with Crippen molar-refractivity contribution in [3.8, 4) is 11.5 Å². The number of methoxy groups -OCH3 is 1. The summed E-state index contributed by atoms with van der Waals surface area (Å²) < 4.78 is 12.4. The second-order valence-corrected chi connectivity index (χ2v) is 7.80. The zero-order valence-corrected chi connectivity index (χ0v) is 15.7. The highest BCUT2D eigenvalue weighted by molar-refractivity contribution is 8.13. The first-order valence-electron chi connectivity index (χ1n) is 7.43. The number of carbonyl (C=O) groups excluding carboxylic acids is 2. The van der Waals surface area contributed by atoms with Gasteiger partial charge >= 0.3 is 5.97 Å². The summed E-state index contributed by atoms with van der Waals surface area (Å²) in [5.41, 5.74) is 0. The van der Waals surface area contributed by atoms with Crippen LogP contribution in [-0.2, 0) is 14.4 Å². The number of aliphatic carboxylic acids is 1. The van der Waals surface area contributed by atoms with Crippen LogP contribution in [0.25, 0.3) is 0 Å². The molecule has 2 unspecified atom stereocenters. The van der Waals surface area contributed by atoms with Crippen molar-refractivity contribution < 1.29 is 29.0 Å². The van der Waals surface area contributed by atoms with Crippen molar-refractivity contribution in [1.82, 2.24) is 4.31 Å². The number of benzene rings is 1. The predicted molar refractivity (Wildman–Crippen MR) is 95.9 cm³/mol. The number of carboxylic acid groups (broad SMARTS) is 1. The van der Waals surface area contributed by atoms with Gasteiger partial charge in [-0.1, -0.05) is 12.1 Å². The molecule has 25 heavy (non-hydrogen) atoms. The van der Waals surface area contributed by atoms with Gasteiger partial charge < -0.3 is 14.6 Å². The first-order chi connectivity index (χ1) is 11.8. The van der Waals surface area contributed by atoms with Gasteiger partial charge in [0, 0.05) is 12.7 Å². The van der Waals surface area contributed by atoms with E-state index in [0.29, 0.717) is 11.5 Å². The number of rotatable bonds is 7. The number of carboxylic acids is 1. The topological polar surface area (TPSA) is 93.1 Å². The number of thioether (sulfide) groups is 1. The van der Waals surface area contributed by atoms with Gasteiger partial charge in [0.15, 0.2) is 22.2 Å². The maximum absolute atomic E-state index is 12.4. The fourth-order valence-corrected chi connectivity index (χ4v) is 5.01. The molecule has 1 N–H and O–H groups in total. The van der Waals surface area contributed by atoms with E-state index in [1.807, 2.05) is 0 Å². The van der Waals surface area contributed by atoms with Gasteiger partial charge in [-0.2, -0.15) is 0 Å². The second kappa shape index (κ2) is 8.11. The third-order valence-electron chi connectivity index (χ3n) is 3.67. The van der Waals surface area contributed by atoms with Gasteiger partial charge in [0.1, 0.15) is 12.6 Å². The molecule has 0 saturated carbocycles. The van der Waals surface area contributed by atoms with Crippen molar-refractivity contribution in [3.05, 3.63) is 24.3 Å². The van der Waals surface area contributed by atoms with Crippen LogP contribution in [0.4, 0.5) is 0 Å². The molecule has 0 radical (unpaired) electrons. The number of hydrogen-bond acceptors (Lipinski definition) is 8. The summed E-state index contributed by atoms with van der Waals surface area (Å²) in [5.74, 6) is -0.223. The first-order valence-corrected chi connectivity index (χ1v) is 9.19. The molecule has 0 aromatic heterocycles. The zero-order valence-electron chi connectivity index (χ0n) is 14.1. The van der Waals surface area contributed by atoms with Crippen LogP contribution in [0.2, 0.25) is 0 Å². The quantitative estimate of drug-likeness (QED) is 0.708. The Kier molecular flexibility index (Phi) is 6.36. The number of hydrogen-bond donors (Lipinski definition) is 1. The summed E-state index contributed by atoms with van der Waals surface area (Å²) in [7, 11) is 1.51. The Morgan fingerprint density at radius 1 is 1.32 bits per heavy atom. The van der Waals surface area contributed by atoms with Crippen LogP contribution >= 0.6 is 23.7 Å². The molecule has 136 valence electrons. The fourth-order valence-electron chi connectivity index (χ4n) is 2.42. The average Bonchev–Trinajstić information content (AvgIpc) is 2.92. The molecule has 0 spiro atoms. The summed E-state index contributed by atoms with van der Waals surface area (Å²) in [6.07, 6.45) is 0. The zero-order chi connectivity index (χ0) is 18.6. The van der Waals surface area contributed by atoms with Gasteiger partial charge in [-0.3, -0.25) is 14.4 Å². The second-order valence-electron chi connectivity index (χ2n) is 5.35. The molecule has 7 nitrogen and oxygen atoms in total. The van der Waals surface area contributed by atoms with Gasteiger partial charge in [0.2, 0.25) is 5.12 Å². The van der Waals surface area contributed by atoms with E-state index in [9.17, 15) is 19.5 Å². The van der Waals surface area contributed by atoms with E-state index >= 15 is 0 Å². The van der Waals surface area contributed by atoms with Crippen molar-refractivity contribution in [2.45, 2.75) is 24.8 Å². The number of para-hydroxylation sites is 2.